The van der Waals surface area contributed by atoms with E-state index in [4.69, 9.17) is 14.2 Å². The molecule has 362 valence electrons. The first-order chi connectivity index (χ1) is 29.8. The third-order valence-electron chi connectivity index (χ3n) is 12.8. The van der Waals surface area contributed by atoms with Gasteiger partial charge < -0.3 is 14.2 Å². The molecule has 0 aliphatic carbocycles. The summed E-state index contributed by atoms with van der Waals surface area (Å²) in [6.07, 6.45) is 49.4. The third-order valence-corrected chi connectivity index (χ3v) is 12.8. The van der Waals surface area contributed by atoms with Crippen molar-refractivity contribution >= 4 is 17.9 Å². The van der Waals surface area contributed by atoms with Gasteiger partial charge in [0.1, 0.15) is 13.2 Å². The fourth-order valence-electron chi connectivity index (χ4n) is 8.31. The summed E-state index contributed by atoms with van der Waals surface area (Å²) in [5.41, 5.74) is 0. The van der Waals surface area contributed by atoms with Crippen molar-refractivity contribution in [1.29, 1.82) is 0 Å². The van der Waals surface area contributed by atoms with Gasteiger partial charge in [-0.3, -0.25) is 14.4 Å². The molecular formula is C55H106O6. The van der Waals surface area contributed by atoms with Crippen LogP contribution in [0.2, 0.25) is 0 Å². The summed E-state index contributed by atoms with van der Waals surface area (Å²) < 4.78 is 16.8. The lowest BCUT2D eigenvalue weighted by Gasteiger charge is -2.18. The van der Waals surface area contributed by atoms with Crippen LogP contribution < -0.4 is 0 Å². The van der Waals surface area contributed by atoms with Crippen molar-refractivity contribution < 1.29 is 28.6 Å². The van der Waals surface area contributed by atoms with Crippen molar-refractivity contribution in [2.45, 2.75) is 310 Å². The van der Waals surface area contributed by atoms with E-state index in [2.05, 4.69) is 34.6 Å². The molecule has 0 saturated heterocycles. The predicted octanol–water partition coefficient (Wildman–Crippen LogP) is 17.7. The largest absolute Gasteiger partial charge is 0.462 e. The highest BCUT2D eigenvalue weighted by atomic mass is 16.6. The summed E-state index contributed by atoms with van der Waals surface area (Å²) in [4.78, 5) is 38.0. The number of hydrogen-bond donors (Lipinski definition) is 0. The maximum absolute atomic E-state index is 12.8. The van der Waals surface area contributed by atoms with E-state index in [0.29, 0.717) is 19.3 Å². The molecule has 0 saturated carbocycles. The summed E-state index contributed by atoms with van der Waals surface area (Å²) in [5.74, 6) is 0.829. The Morgan fingerprint density at radius 1 is 0.344 bits per heavy atom. The minimum Gasteiger partial charge on any atom is -0.462 e. The summed E-state index contributed by atoms with van der Waals surface area (Å²) in [6.45, 7) is 11.4. The van der Waals surface area contributed by atoms with Gasteiger partial charge in [-0.15, -0.1) is 0 Å². The summed E-state index contributed by atoms with van der Waals surface area (Å²) >= 11 is 0. The molecule has 0 aromatic rings. The van der Waals surface area contributed by atoms with Crippen LogP contribution in [0.5, 0.6) is 0 Å². The molecule has 0 fully saturated rings. The van der Waals surface area contributed by atoms with Crippen LogP contribution in [0.15, 0.2) is 0 Å². The lowest BCUT2D eigenvalue weighted by Crippen LogP contribution is -2.30. The minimum atomic E-state index is -0.762. The molecule has 0 aromatic heterocycles. The first-order valence-corrected chi connectivity index (χ1v) is 27.3. The Balaban J connectivity index is 4.31. The summed E-state index contributed by atoms with van der Waals surface area (Å²) in [7, 11) is 0. The zero-order valence-corrected chi connectivity index (χ0v) is 41.8. The van der Waals surface area contributed by atoms with Crippen LogP contribution in [-0.4, -0.2) is 37.2 Å². The molecule has 2 atom stereocenters. The van der Waals surface area contributed by atoms with Gasteiger partial charge in [-0.05, 0) is 31.1 Å². The summed E-state index contributed by atoms with van der Waals surface area (Å²) in [6, 6.07) is 0. The Morgan fingerprint density at radius 3 is 0.934 bits per heavy atom. The van der Waals surface area contributed by atoms with Crippen LogP contribution in [0, 0.1) is 11.8 Å². The van der Waals surface area contributed by atoms with Crippen molar-refractivity contribution in [3.63, 3.8) is 0 Å². The molecule has 0 aliphatic rings. The third kappa shape index (κ3) is 47.7. The van der Waals surface area contributed by atoms with E-state index in [1.807, 2.05) is 0 Å². The molecule has 0 N–H and O–H groups in total. The van der Waals surface area contributed by atoms with E-state index in [0.717, 1.165) is 69.6 Å². The maximum Gasteiger partial charge on any atom is 0.306 e. The minimum absolute atomic E-state index is 0.0638. The van der Waals surface area contributed by atoms with Crippen LogP contribution in [-0.2, 0) is 28.6 Å². The van der Waals surface area contributed by atoms with Gasteiger partial charge in [0.25, 0.3) is 0 Å². The fraction of sp³-hybridized carbons (Fsp3) is 0.945. The molecule has 0 heterocycles. The van der Waals surface area contributed by atoms with E-state index in [-0.39, 0.29) is 31.1 Å². The number of esters is 3. The Morgan fingerprint density at radius 2 is 0.623 bits per heavy atom. The van der Waals surface area contributed by atoms with Gasteiger partial charge in [-0.1, -0.05) is 266 Å². The van der Waals surface area contributed by atoms with E-state index >= 15 is 0 Å². The van der Waals surface area contributed by atoms with Gasteiger partial charge in [0.2, 0.25) is 0 Å². The molecule has 0 rings (SSSR count). The highest BCUT2D eigenvalue weighted by Crippen LogP contribution is 2.18. The molecule has 61 heavy (non-hydrogen) atoms. The number of carbonyl (C=O) groups excluding carboxylic acids is 3. The Bertz CT molecular complexity index is 933. The molecular weight excluding hydrogens is 757 g/mol. The number of unbranched alkanes of at least 4 members (excludes halogenated alkanes) is 33. The Hall–Kier alpha value is -1.59. The Labute approximate surface area is 380 Å². The molecule has 6 heteroatoms. The molecule has 0 spiro atoms. The van der Waals surface area contributed by atoms with Gasteiger partial charge >= 0.3 is 17.9 Å². The zero-order chi connectivity index (χ0) is 44.7. The first kappa shape index (κ1) is 59.4. The molecule has 0 aliphatic heterocycles. The highest BCUT2D eigenvalue weighted by molar-refractivity contribution is 5.71. The molecule has 0 bridgehead atoms. The van der Waals surface area contributed by atoms with Gasteiger partial charge in [-0.25, -0.2) is 0 Å². The number of rotatable bonds is 49. The van der Waals surface area contributed by atoms with E-state index in [1.165, 1.54) is 193 Å². The molecule has 1 unspecified atom stereocenters. The quantitative estimate of drug-likeness (QED) is 0.0344. The topological polar surface area (TPSA) is 78.9 Å². The maximum atomic E-state index is 12.8. The smallest absolute Gasteiger partial charge is 0.306 e. The SMILES string of the molecule is CCCCCCCCCCCCCCCCCCCC(=O)O[C@H](COC(=O)CCCCCCCCCCCCCC(C)C)COC(=O)CCCCCCCCCCC(C)CC. The molecule has 0 aromatic carbocycles. The molecule has 6 nitrogen and oxygen atoms in total. The second-order valence-corrected chi connectivity index (χ2v) is 19.6. The normalized spacial score (nSPS) is 12.5. The first-order valence-electron chi connectivity index (χ1n) is 27.3. The highest BCUT2D eigenvalue weighted by Gasteiger charge is 2.19. The van der Waals surface area contributed by atoms with E-state index in [1.54, 1.807) is 0 Å². The van der Waals surface area contributed by atoms with Gasteiger partial charge in [-0.2, -0.15) is 0 Å². The molecule has 0 amide bonds. The van der Waals surface area contributed by atoms with Crippen molar-refractivity contribution in [2.24, 2.45) is 11.8 Å². The van der Waals surface area contributed by atoms with Gasteiger partial charge in [0.05, 0.1) is 0 Å². The van der Waals surface area contributed by atoms with Crippen LogP contribution in [0.4, 0.5) is 0 Å². The lowest BCUT2D eigenvalue weighted by molar-refractivity contribution is -0.167. The second kappa shape index (κ2) is 47.9. The van der Waals surface area contributed by atoms with Crippen LogP contribution >= 0.6 is 0 Å². The van der Waals surface area contributed by atoms with E-state index < -0.39 is 6.10 Å². The number of ether oxygens (including phenoxy) is 3. The van der Waals surface area contributed by atoms with Crippen LogP contribution in [0.3, 0.4) is 0 Å². The second-order valence-electron chi connectivity index (χ2n) is 19.6. The average Bonchev–Trinajstić information content (AvgIpc) is 3.24. The number of hydrogen-bond acceptors (Lipinski definition) is 6. The standard InChI is InChI=1S/C55H106O6/c1-6-8-9-10-11-12-13-14-15-16-17-18-21-25-32-37-42-47-55(58)61-52(49-60-54(57)46-41-36-31-27-26-29-34-39-44-51(5)7-2)48-59-53(56)45-40-35-30-24-22-19-20-23-28-33-38-43-50(3)4/h50-52H,6-49H2,1-5H3/t51?,52-/m1/s1. The van der Waals surface area contributed by atoms with Crippen molar-refractivity contribution in [1.82, 2.24) is 0 Å². The lowest BCUT2D eigenvalue weighted by atomic mass is 9.99. The molecule has 0 radical (unpaired) electrons. The number of carbonyl (C=O) groups is 3. The van der Waals surface area contributed by atoms with Gasteiger partial charge in [0, 0.05) is 19.3 Å². The van der Waals surface area contributed by atoms with Crippen LogP contribution in [0.25, 0.3) is 0 Å². The predicted molar refractivity (Wildman–Crippen MR) is 261 cm³/mol. The van der Waals surface area contributed by atoms with Gasteiger partial charge in [0.15, 0.2) is 6.10 Å². The average molecular weight is 863 g/mol. The van der Waals surface area contributed by atoms with Crippen molar-refractivity contribution in [3.05, 3.63) is 0 Å². The Kier molecular flexibility index (Phi) is 46.6. The van der Waals surface area contributed by atoms with E-state index in [9.17, 15) is 14.4 Å². The fourth-order valence-corrected chi connectivity index (χ4v) is 8.31. The van der Waals surface area contributed by atoms with Crippen molar-refractivity contribution in [3.8, 4) is 0 Å². The zero-order valence-electron chi connectivity index (χ0n) is 41.8. The summed E-state index contributed by atoms with van der Waals surface area (Å²) in [5, 5.41) is 0. The monoisotopic (exact) mass is 863 g/mol. The van der Waals surface area contributed by atoms with Crippen LogP contribution in [0.1, 0.15) is 304 Å². The van der Waals surface area contributed by atoms with Crippen molar-refractivity contribution in [2.75, 3.05) is 13.2 Å².